The van der Waals surface area contributed by atoms with E-state index in [0.717, 1.165) is 12.8 Å². The van der Waals surface area contributed by atoms with Crippen molar-refractivity contribution in [3.05, 3.63) is 36.0 Å². The number of likely N-dealkylation sites (tertiary alicyclic amines) is 1. The van der Waals surface area contributed by atoms with Gasteiger partial charge in [0.2, 0.25) is 12.0 Å². The van der Waals surface area contributed by atoms with Crippen LogP contribution in [0, 0.1) is 0 Å². The van der Waals surface area contributed by atoms with Gasteiger partial charge in [0, 0.05) is 13.0 Å². The average Bonchev–Trinajstić information content (AvgIpc) is 3.29. The number of benzene rings is 1. The van der Waals surface area contributed by atoms with Crippen LogP contribution in [0.3, 0.4) is 0 Å². The molecule has 0 radical (unpaired) electrons. The summed E-state index contributed by atoms with van der Waals surface area (Å²) in [4.78, 5) is 19.1. The average molecular weight is 329 g/mol. The highest BCUT2D eigenvalue weighted by atomic mass is 16.6. The molecule has 0 saturated carbocycles. The standard InChI is InChI=1S/C17H19N3O4/c1-2-15-18-16(19-24-15)11-6-5-9-20(11)17(21)14-10-22-12-7-3-4-8-13(12)23-14/h3-4,7-8,11,14H,2,5-6,9-10H2,1H3/t11-,14-/m0/s1. The van der Waals surface area contributed by atoms with Crippen molar-refractivity contribution in [2.45, 2.75) is 38.3 Å². The summed E-state index contributed by atoms with van der Waals surface area (Å²) in [6.07, 6.45) is 1.79. The number of aryl methyl sites for hydroxylation is 1. The summed E-state index contributed by atoms with van der Waals surface area (Å²) >= 11 is 0. The van der Waals surface area contributed by atoms with Gasteiger partial charge in [0.05, 0.1) is 6.04 Å². The van der Waals surface area contributed by atoms with Crippen LogP contribution in [-0.2, 0) is 11.2 Å². The summed E-state index contributed by atoms with van der Waals surface area (Å²) in [6.45, 7) is 2.84. The second kappa shape index (κ2) is 6.14. The molecule has 1 aromatic heterocycles. The van der Waals surface area contributed by atoms with Gasteiger partial charge in [-0.25, -0.2) is 0 Å². The second-order valence-corrected chi connectivity index (χ2v) is 5.95. The molecule has 126 valence electrons. The Labute approximate surface area is 139 Å². The largest absolute Gasteiger partial charge is 0.485 e. The maximum atomic E-state index is 12.9. The van der Waals surface area contributed by atoms with Crippen molar-refractivity contribution in [3.8, 4) is 11.5 Å². The van der Waals surface area contributed by atoms with Crippen molar-refractivity contribution in [1.82, 2.24) is 15.0 Å². The van der Waals surface area contributed by atoms with E-state index in [4.69, 9.17) is 14.0 Å². The number of ether oxygens (including phenoxy) is 2. The maximum absolute atomic E-state index is 12.9. The number of hydrogen-bond acceptors (Lipinski definition) is 6. The summed E-state index contributed by atoms with van der Waals surface area (Å²) in [5, 5.41) is 4.03. The summed E-state index contributed by atoms with van der Waals surface area (Å²) in [5.74, 6) is 2.36. The molecule has 2 atom stereocenters. The van der Waals surface area contributed by atoms with Crippen LogP contribution < -0.4 is 9.47 Å². The smallest absolute Gasteiger partial charge is 0.267 e. The summed E-state index contributed by atoms with van der Waals surface area (Å²) in [5.41, 5.74) is 0. The molecule has 1 saturated heterocycles. The zero-order chi connectivity index (χ0) is 16.5. The molecule has 24 heavy (non-hydrogen) atoms. The molecule has 0 aliphatic carbocycles. The first-order valence-corrected chi connectivity index (χ1v) is 8.27. The highest BCUT2D eigenvalue weighted by molar-refractivity contribution is 5.82. The van der Waals surface area contributed by atoms with Crippen molar-refractivity contribution in [2.75, 3.05) is 13.2 Å². The molecule has 1 aromatic carbocycles. The van der Waals surface area contributed by atoms with Crippen molar-refractivity contribution in [1.29, 1.82) is 0 Å². The molecule has 2 aliphatic heterocycles. The van der Waals surface area contributed by atoms with E-state index in [-0.39, 0.29) is 18.6 Å². The molecule has 0 N–H and O–H groups in total. The molecule has 2 aromatic rings. The minimum atomic E-state index is -0.641. The van der Waals surface area contributed by atoms with Gasteiger partial charge in [-0.15, -0.1) is 0 Å². The lowest BCUT2D eigenvalue weighted by molar-refractivity contribution is -0.142. The minimum Gasteiger partial charge on any atom is -0.485 e. The Balaban J connectivity index is 1.51. The van der Waals surface area contributed by atoms with Crippen LogP contribution in [0.25, 0.3) is 0 Å². The van der Waals surface area contributed by atoms with Gasteiger partial charge in [0.25, 0.3) is 5.91 Å². The van der Waals surface area contributed by atoms with Gasteiger partial charge in [-0.3, -0.25) is 4.79 Å². The Morgan fingerprint density at radius 1 is 1.33 bits per heavy atom. The summed E-state index contributed by atoms with van der Waals surface area (Å²) in [6, 6.07) is 7.23. The van der Waals surface area contributed by atoms with Crippen LogP contribution in [-0.4, -0.2) is 40.2 Å². The minimum absolute atomic E-state index is 0.0881. The molecular formula is C17H19N3O4. The number of aromatic nitrogens is 2. The van der Waals surface area contributed by atoms with Gasteiger partial charge in [-0.1, -0.05) is 24.2 Å². The van der Waals surface area contributed by atoms with E-state index in [1.807, 2.05) is 31.2 Å². The first kappa shape index (κ1) is 15.0. The third-order valence-corrected chi connectivity index (χ3v) is 4.40. The Morgan fingerprint density at radius 3 is 2.96 bits per heavy atom. The lowest BCUT2D eigenvalue weighted by atomic mass is 10.2. The molecular weight excluding hydrogens is 310 g/mol. The second-order valence-electron chi connectivity index (χ2n) is 5.95. The fourth-order valence-electron chi connectivity index (χ4n) is 3.17. The Kier molecular flexibility index (Phi) is 3.84. The van der Waals surface area contributed by atoms with Gasteiger partial charge >= 0.3 is 0 Å². The van der Waals surface area contributed by atoms with Crippen LogP contribution in [0.1, 0.15) is 37.5 Å². The SMILES string of the molecule is CCc1nc([C@@H]2CCCN2C(=O)[C@@H]2COc3ccccc3O2)no1. The van der Waals surface area contributed by atoms with Crippen LogP contribution in [0.15, 0.2) is 28.8 Å². The van der Waals surface area contributed by atoms with Crippen LogP contribution in [0.2, 0.25) is 0 Å². The van der Waals surface area contributed by atoms with Crippen LogP contribution in [0.4, 0.5) is 0 Å². The van der Waals surface area contributed by atoms with Crippen molar-refractivity contribution >= 4 is 5.91 Å². The molecule has 4 rings (SSSR count). The number of carbonyl (C=O) groups excluding carboxylic acids is 1. The van der Waals surface area contributed by atoms with Crippen LogP contribution in [0.5, 0.6) is 11.5 Å². The van der Waals surface area contributed by atoms with E-state index < -0.39 is 6.10 Å². The quantitative estimate of drug-likeness (QED) is 0.858. The molecule has 3 heterocycles. The molecule has 2 aliphatic rings. The number of hydrogen-bond donors (Lipinski definition) is 0. The van der Waals surface area contributed by atoms with E-state index in [1.165, 1.54) is 0 Å². The number of nitrogens with zero attached hydrogens (tertiary/aromatic N) is 3. The van der Waals surface area contributed by atoms with Gasteiger partial charge in [-0.2, -0.15) is 4.98 Å². The number of amides is 1. The fourth-order valence-corrected chi connectivity index (χ4v) is 3.17. The predicted octanol–water partition coefficient (Wildman–Crippen LogP) is 2.14. The van der Waals surface area contributed by atoms with E-state index >= 15 is 0 Å². The summed E-state index contributed by atoms with van der Waals surface area (Å²) < 4.78 is 16.7. The third kappa shape index (κ3) is 2.60. The Bertz CT molecular complexity index is 745. The van der Waals surface area contributed by atoms with E-state index in [0.29, 0.717) is 36.2 Å². The van der Waals surface area contributed by atoms with Gasteiger partial charge in [0.15, 0.2) is 17.3 Å². The zero-order valence-corrected chi connectivity index (χ0v) is 13.5. The van der Waals surface area contributed by atoms with Gasteiger partial charge in [-0.05, 0) is 25.0 Å². The van der Waals surface area contributed by atoms with Crippen LogP contribution >= 0.6 is 0 Å². The highest BCUT2D eigenvalue weighted by Gasteiger charge is 2.39. The summed E-state index contributed by atoms with van der Waals surface area (Å²) in [7, 11) is 0. The molecule has 0 unspecified atom stereocenters. The van der Waals surface area contributed by atoms with Crippen molar-refractivity contribution in [3.63, 3.8) is 0 Å². The van der Waals surface area contributed by atoms with Gasteiger partial charge < -0.3 is 18.9 Å². The maximum Gasteiger partial charge on any atom is 0.267 e. The lowest BCUT2D eigenvalue weighted by Gasteiger charge is -2.30. The number of carbonyl (C=O) groups is 1. The van der Waals surface area contributed by atoms with Crippen molar-refractivity contribution in [2.24, 2.45) is 0 Å². The lowest BCUT2D eigenvalue weighted by Crippen LogP contribution is -2.46. The Hall–Kier alpha value is -2.57. The monoisotopic (exact) mass is 329 g/mol. The van der Waals surface area contributed by atoms with E-state index in [1.54, 1.807) is 4.90 Å². The molecule has 0 spiro atoms. The molecule has 7 nitrogen and oxygen atoms in total. The third-order valence-electron chi connectivity index (χ3n) is 4.40. The molecule has 1 amide bonds. The van der Waals surface area contributed by atoms with E-state index in [2.05, 4.69) is 10.1 Å². The van der Waals surface area contributed by atoms with Crippen molar-refractivity contribution < 1.29 is 18.8 Å². The fraction of sp³-hybridized carbons (Fsp3) is 0.471. The molecule has 7 heteroatoms. The molecule has 0 bridgehead atoms. The van der Waals surface area contributed by atoms with E-state index in [9.17, 15) is 4.79 Å². The van der Waals surface area contributed by atoms with Gasteiger partial charge in [0.1, 0.15) is 6.61 Å². The number of para-hydroxylation sites is 2. The number of rotatable bonds is 3. The first-order chi connectivity index (χ1) is 11.8. The molecule has 1 fully saturated rings. The predicted molar refractivity (Wildman–Crippen MR) is 83.7 cm³/mol. The highest BCUT2D eigenvalue weighted by Crippen LogP contribution is 2.34. The Morgan fingerprint density at radius 2 is 2.17 bits per heavy atom. The normalized spacial score (nSPS) is 22.6. The topological polar surface area (TPSA) is 77.7 Å². The zero-order valence-electron chi connectivity index (χ0n) is 13.5. The number of fused-ring (bicyclic) bond motifs is 1. The first-order valence-electron chi connectivity index (χ1n) is 8.27.